The molecular weight excluding hydrogens is 392 g/mol. The van der Waals surface area contributed by atoms with Crippen molar-refractivity contribution in [2.75, 3.05) is 24.3 Å². The first-order valence-electron chi connectivity index (χ1n) is 8.65. The molecule has 0 atom stereocenters. The molecule has 1 aromatic heterocycles. The van der Waals surface area contributed by atoms with Crippen LogP contribution in [-0.4, -0.2) is 50.6 Å². The van der Waals surface area contributed by atoms with Gasteiger partial charge in [-0.05, 0) is 46.8 Å². The first-order valence-corrected chi connectivity index (χ1v) is 9.63. The van der Waals surface area contributed by atoms with Crippen molar-refractivity contribution < 1.29 is 14.6 Å². The van der Waals surface area contributed by atoms with Crippen LogP contribution in [0.15, 0.2) is 53.7 Å². The lowest BCUT2D eigenvalue weighted by molar-refractivity contribution is -0.116. The number of hydrogen-bond donors (Lipinski definition) is 1. The zero-order chi connectivity index (χ0) is 20.6. The number of methoxy groups -OCH3 is 1. The van der Waals surface area contributed by atoms with Crippen molar-refractivity contribution in [3.8, 4) is 23.3 Å². The predicted molar refractivity (Wildman–Crippen MR) is 107 cm³/mol. The molecule has 0 spiro atoms. The molecule has 10 heteroatoms. The Bertz CT molecular complexity index is 1020. The molecule has 0 saturated carbocycles. The maximum Gasteiger partial charge on any atom is 0.237 e. The summed E-state index contributed by atoms with van der Waals surface area (Å²) in [4.78, 5) is 14.5. The topological polar surface area (TPSA) is 117 Å². The molecule has 0 saturated heterocycles. The molecule has 148 valence electrons. The van der Waals surface area contributed by atoms with Gasteiger partial charge >= 0.3 is 0 Å². The SMILES string of the molecule is COc1ccccc1N(CCC#N)C(=O)CSc1nnnn1-c1ccc(O)cc1. The lowest BCUT2D eigenvalue weighted by atomic mass is 10.2. The minimum Gasteiger partial charge on any atom is -0.508 e. The normalized spacial score (nSPS) is 10.3. The van der Waals surface area contributed by atoms with Gasteiger partial charge in [0.25, 0.3) is 0 Å². The summed E-state index contributed by atoms with van der Waals surface area (Å²) >= 11 is 1.18. The Morgan fingerprint density at radius 2 is 2.03 bits per heavy atom. The fourth-order valence-electron chi connectivity index (χ4n) is 2.62. The molecule has 3 aromatic rings. The number of ether oxygens (including phenoxy) is 1. The molecule has 0 unspecified atom stereocenters. The summed E-state index contributed by atoms with van der Waals surface area (Å²) in [7, 11) is 1.53. The van der Waals surface area contributed by atoms with Gasteiger partial charge in [0.05, 0.1) is 36.7 Å². The summed E-state index contributed by atoms with van der Waals surface area (Å²) in [5.74, 6) is 0.561. The molecule has 0 fully saturated rings. The molecule has 1 heterocycles. The number of carbonyl (C=O) groups is 1. The highest BCUT2D eigenvalue weighted by molar-refractivity contribution is 7.99. The monoisotopic (exact) mass is 410 g/mol. The number of aromatic hydroxyl groups is 1. The number of para-hydroxylation sites is 2. The number of rotatable bonds is 8. The van der Waals surface area contributed by atoms with E-state index in [0.29, 0.717) is 22.3 Å². The summed E-state index contributed by atoms with van der Waals surface area (Å²) in [5, 5.41) is 30.4. The van der Waals surface area contributed by atoms with Crippen LogP contribution >= 0.6 is 11.8 Å². The van der Waals surface area contributed by atoms with E-state index in [-0.39, 0.29) is 30.4 Å². The Hall–Kier alpha value is -3.58. The third-order valence-corrected chi connectivity index (χ3v) is 4.89. The lowest BCUT2D eigenvalue weighted by Gasteiger charge is -2.23. The van der Waals surface area contributed by atoms with Gasteiger partial charge in [0.2, 0.25) is 11.1 Å². The van der Waals surface area contributed by atoms with Crippen LogP contribution in [0, 0.1) is 11.3 Å². The van der Waals surface area contributed by atoms with Crippen LogP contribution in [0.2, 0.25) is 0 Å². The van der Waals surface area contributed by atoms with Gasteiger partial charge in [-0.2, -0.15) is 9.94 Å². The highest BCUT2D eigenvalue weighted by atomic mass is 32.2. The highest BCUT2D eigenvalue weighted by Crippen LogP contribution is 2.29. The number of phenolic OH excluding ortho intramolecular Hbond substituents is 1. The van der Waals surface area contributed by atoms with Crippen LogP contribution in [0.5, 0.6) is 11.5 Å². The van der Waals surface area contributed by atoms with E-state index in [0.717, 1.165) is 0 Å². The zero-order valence-electron chi connectivity index (χ0n) is 15.6. The molecule has 0 aliphatic carbocycles. The summed E-state index contributed by atoms with van der Waals surface area (Å²) in [6.07, 6.45) is 0.194. The average molecular weight is 410 g/mol. The zero-order valence-corrected chi connectivity index (χ0v) is 16.4. The van der Waals surface area contributed by atoms with E-state index >= 15 is 0 Å². The largest absolute Gasteiger partial charge is 0.508 e. The fraction of sp³-hybridized carbons (Fsp3) is 0.211. The molecule has 1 N–H and O–H groups in total. The molecule has 29 heavy (non-hydrogen) atoms. The predicted octanol–water partition coefficient (Wildman–Crippen LogP) is 2.42. The first-order chi connectivity index (χ1) is 14.1. The number of hydrogen-bond acceptors (Lipinski definition) is 8. The molecule has 0 aliphatic heterocycles. The quantitative estimate of drug-likeness (QED) is 0.563. The number of benzene rings is 2. The van der Waals surface area contributed by atoms with Crippen LogP contribution in [0.4, 0.5) is 5.69 Å². The Morgan fingerprint density at radius 3 is 2.76 bits per heavy atom. The number of phenols is 1. The highest BCUT2D eigenvalue weighted by Gasteiger charge is 2.20. The van der Waals surface area contributed by atoms with Crippen LogP contribution < -0.4 is 9.64 Å². The third kappa shape index (κ3) is 4.83. The van der Waals surface area contributed by atoms with E-state index in [1.807, 2.05) is 12.1 Å². The first kappa shape index (κ1) is 20.2. The maximum atomic E-state index is 12.9. The van der Waals surface area contributed by atoms with E-state index in [1.165, 1.54) is 40.6 Å². The number of amides is 1. The molecule has 2 aromatic carbocycles. The number of thioether (sulfide) groups is 1. The minimum atomic E-state index is -0.199. The van der Waals surface area contributed by atoms with Crippen molar-refractivity contribution >= 4 is 23.4 Å². The summed E-state index contributed by atoms with van der Waals surface area (Å²) in [5.41, 5.74) is 1.27. The Labute approximate surface area is 171 Å². The Balaban J connectivity index is 1.77. The molecule has 0 aliphatic rings. The minimum absolute atomic E-state index is 0.0714. The van der Waals surface area contributed by atoms with Crippen molar-refractivity contribution in [1.29, 1.82) is 5.26 Å². The molecule has 9 nitrogen and oxygen atoms in total. The van der Waals surface area contributed by atoms with Gasteiger partial charge in [-0.3, -0.25) is 4.79 Å². The third-order valence-electron chi connectivity index (χ3n) is 3.98. The van der Waals surface area contributed by atoms with Gasteiger partial charge in [-0.1, -0.05) is 23.9 Å². The van der Waals surface area contributed by atoms with Crippen LogP contribution in [0.1, 0.15) is 6.42 Å². The van der Waals surface area contributed by atoms with E-state index < -0.39 is 0 Å². The second-order valence-electron chi connectivity index (χ2n) is 5.80. The molecular formula is C19H18N6O3S. The molecule has 0 radical (unpaired) electrons. The average Bonchev–Trinajstić information content (AvgIpc) is 3.22. The number of aromatic nitrogens is 4. The molecule has 3 rings (SSSR count). The van der Waals surface area contributed by atoms with Crippen molar-refractivity contribution in [3.63, 3.8) is 0 Å². The van der Waals surface area contributed by atoms with Crippen LogP contribution in [-0.2, 0) is 4.79 Å². The van der Waals surface area contributed by atoms with Gasteiger partial charge in [-0.25, -0.2) is 0 Å². The number of nitrogens with zero attached hydrogens (tertiary/aromatic N) is 6. The van der Waals surface area contributed by atoms with Gasteiger partial charge in [0, 0.05) is 6.54 Å². The van der Waals surface area contributed by atoms with E-state index in [1.54, 1.807) is 24.3 Å². The van der Waals surface area contributed by atoms with Crippen molar-refractivity contribution in [3.05, 3.63) is 48.5 Å². The second kappa shape index (κ2) is 9.57. The van der Waals surface area contributed by atoms with E-state index in [4.69, 9.17) is 10.00 Å². The van der Waals surface area contributed by atoms with Crippen LogP contribution in [0.25, 0.3) is 5.69 Å². The summed E-state index contributed by atoms with van der Waals surface area (Å²) in [6.45, 7) is 0.249. The smallest absolute Gasteiger partial charge is 0.237 e. The number of carbonyl (C=O) groups excluding carboxylic acids is 1. The van der Waals surface area contributed by atoms with Gasteiger partial charge in [0.15, 0.2) is 0 Å². The van der Waals surface area contributed by atoms with Gasteiger partial charge in [-0.15, -0.1) is 5.10 Å². The number of anilines is 1. The molecule has 0 bridgehead atoms. The second-order valence-corrected chi connectivity index (χ2v) is 6.75. The van der Waals surface area contributed by atoms with Gasteiger partial charge in [0.1, 0.15) is 11.5 Å². The Kier molecular flexibility index (Phi) is 6.65. The number of tetrazole rings is 1. The van der Waals surface area contributed by atoms with E-state index in [9.17, 15) is 9.90 Å². The summed E-state index contributed by atoms with van der Waals surface area (Å²) in [6, 6.07) is 15.6. The number of nitriles is 1. The summed E-state index contributed by atoms with van der Waals surface area (Å²) < 4.78 is 6.84. The Morgan fingerprint density at radius 1 is 1.28 bits per heavy atom. The van der Waals surface area contributed by atoms with E-state index in [2.05, 4.69) is 21.6 Å². The fourth-order valence-corrected chi connectivity index (χ4v) is 3.39. The van der Waals surface area contributed by atoms with Crippen molar-refractivity contribution in [1.82, 2.24) is 20.2 Å². The molecule has 1 amide bonds. The van der Waals surface area contributed by atoms with Crippen molar-refractivity contribution in [2.45, 2.75) is 11.6 Å². The van der Waals surface area contributed by atoms with Crippen LogP contribution in [0.3, 0.4) is 0 Å². The van der Waals surface area contributed by atoms with Crippen molar-refractivity contribution in [2.24, 2.45) is 0 Å². The maximum absolute atomic E-state index is 12.9. The standard InChI is InChI=1S/C19H18N6O3S/c1-28-17-6-3-2-5-16(17)24(12-4-11-20)18(27)13-29-19-21-22-23-25(19)14-7-9-15(26)10-8-14/h2-3,5-10,26H,4,12-13H2,1H3. The lowest BCUT2D eigenvalue weighted by Crippen LogP contribution is -2.33. The van der Waals surface area contributed by atoms with Gasteiger partial charge < -0.3 is 14.7 Å².